The van der Waals surface area contributed by atoms with Gasteiger partial charge in [-0.25, -0.2) is 0 Å². The summed E-state index contributed by atoms with van der Waals surface area (Å²) in [6, 6.07) is 15.5. The molecule has 7 heteroatoms. The number of likely N-dealkylation sites (tertiary alicyclic amines) is 1. The molecule has 1 heterocycles. The predicted octanol–water partition coefficient (Wildman–Crippen LogP) is 4.74. The van der Waals surface area contributed by atoms with Gasteiger partial charge in [-0.1, -0.05) is 24.3 Å². The van der Waals surface area contributed by atoms with Crippen molar-refractivity contribution in [3.05, 3.63) is 65.7 Å². The second kappa shape index (κ2) is 11.5. The van der Waals surface area contributed by atoms with Crippen molar-refractivity contribution in [1.82, 2.24) is 10.2 Å². The van der Waals surface area contributed by atoms with Gasteiger partial charge in [-0.3, -0.25) is 9.59 Å². The first kappa shape index (κ1) is 27.4. The van der Waals surface area contributed by atoms with Gasteiger partial charge in [-0.15, -0.1) is 0 Å². The first-order valence-electron chi connectivity index (χ1n) is 14.0. The molecule has 0 radical (unpaired) electrons. The lowest BCUT2D eigenvalue weighted by atomic mass is 9.55. The van der Waals surface area contributed by atoms with Gasteiger partial charge >= 0.3 is 5.97 Å². The molecule has 3 aliphatic rings. The number of piperidine rings is 1. The smallest absolute Gasteiger partial charge is 0.308 e. The van der Waals surface area contributed by atoms with Crippen molar-refractivity contribution in [2.24, 2.45) is 5.92 Å². The SMILES string of the molecule is COc1cccc(C=CC(=O)N[C@H]2CC[C@]3(OC)CN(CC4CC4)CC[C@@]3(c3cccc(OC(C)=O)c3)C2)c1. The summed E-state index contributed by atoms with van der Waals surface area (Å²) in [5, 5.41) is 3.28. The summed E-state index contributed by atoms with van der Waals surface area (Å²) in [4.78, 5) is 27.3. The molecule has 2 aromatic rings. The molecule has 2 saturated carbocycles. The molecular formula is C32H40N2O5. The van der Waals surface area contributed by atoms with Gasteiger partial charge in [0.25, 0.3) is 0 Å². The molecule has 0 spiro atoms. The number of rotatable bonds is 9. The van der Waals surface area contributed by atoms with Crippen LogP contribution in [0.15, 0.2) is 54.6 Å². The van der Waals surface area contributed by atoms with Crippen molar-refractivity contribution in [3.63, 3.8) is 0 Å². The molecule has 1 saturated heterocycles. The Morgan fingerprint density at radius 3 is 2.59 bits per heavy atom. The van der Waals surface area contributed by atoms with Gasteiger partial charge in [-0.2, -0.15) is 0 Å². The minimum atomic E-state index is -0.382. The quantitative estimate of drug-likeness (QED) is 0.286. The Kier molecular flexibility index (Phi) is 8.10. The molecule has 2 aromatic carbocycles. The van der Waals surface area contributed by atoms with Crippen LogP contribution in [0.5, 0.6) is 11.5 Å². The number of amides is 1. The van der Waals surface area contributed by atoms with Gasteiger partial charge in [0.2, 0.25) is 5.91 Å². The van der Waals surface area contributed by atoms with Crippen LogP contribution in [0.25, 0.3) is 6.08 Å². The molecule has 3 fully saturated rings. The monoisotopic (exact) mass is 532 g/mol. The molecule has 1 N–H and O–H groups in total. The Balaban J connectivity index is 1.39. The third kappa shape index (κ3) is 6.04. The lowest BCUT2D eigenvalue weighted by Gasteiger charge is -2.60. The molecule has 5 rings (SSSR count). The third-order valence-corrected chi connectivity index (χ3v) is 8.82. The molecule has 7 nitrogen and oxygen atoms in total. The van der Waals surface area contributed by atoms with Gasteiger partial charge in [0.15, 0.2) is 0 Å². The van der Waals surface area contributed by atoms with Crippen LogP contribution in [0.1, 0.15) is 56.6 Å². The Bertz CT molecular complexity index is 1220. The number of nitrogens with zero attached hydrogens (tertiary/aromatic N) is 1. The summed E-state index contributed by atoms with van der Waals surface area (Å²) >= 11 is 0. The van der Waals surface area contributed by atoms with Crippen LogP contribution in [0.2, 0.25) is 0 Å². The van der Waals surface area contributed by atoms with Crippen LogP contribution in [0.4, 0.5) is 0 Å². The second-order valence-corrected chi connectivity index (χ2v) is 11.4. The van der Waals surface area contributed by atoms with E-state index in [2.05, 4.69) is 16.3 Å². The maximum Gasteiger partial charge on any atom is 0.308 e. The number of esters is 1. The van der Waals surface area contributed by atoms with E-state index < -0.39 is 0 Å². The number of hydrogen-bond donors (Lipinski definition) is 1. The van der Waals surface area contributed by atoms with Gasteiger partial charge < -0.3 is 24.4 Å². The van der Waals surface area contributed by atoms with Crippen molar-refractivity contribution in [2.75, 3.05) is 33.9 Å². The zero-order valence-corrected chi connectivity index (χ0v) is 23.3. The molecular weight excluding hydrogens is 492 g/mol. The molecule has 1 aliphatic heterocycles. The standard InChI is InChI=1S/C32H40N2O5/c1-23(35)39-29-9-5-7-26(19-29)31-16-17-34(21-25-10-11-25)22-32(31,38-3)15-14-27(20-31)33-30(36)13-12-24-6-4-8-28(18-24)37-2/h4-9,12-13,18-19,25,27H,10-11,14-17,20-22H2,1-3H3,(H,33,36)/t27-,31-,32-/m0/s1. The second-order valence-electron chi connectivity index (χ2n) is 11.4. The summed E-state index contributed by atoms with van der Waals surface area (Å²) < 4.78 is 17.3. The lowest BCUT2D eigenvalue weighted by molar-refractivity contribution is -0.150. The zero-order valence-electron chi connectivity index (χ0n) is 23.3. The highest BCUT2D eigenvalue weighted by Crippen LogP contribution is 2.54. The molecule has 39 heavy (non-hydrogen) atoms. The van der Waals surface area contributed by atoms with E-state index >= 15 is 0 Å². The van der Waals surface area contributed by atoms with Crippen LogP contribution in [-0.4, -0.2) is 62.3 Å². The van der Waals surface area contributed by atoms with E-state index in [1.54, 1.807) is 13.2 Å². The average Bonchev–Trinajstić information content (AvgIpc) is 3.76. The maximum atomic E-state index is 13.0. The van der Waals surface area contributed by atoms with Gasteiger partial charge in [0.1, 0.15) is 11.5 Å². The Morgan fingerprint density at radius 2 is 1.85 bits per heavy atom. The molecule has 1 amide bonds. The highest BCUT2D eigenvalue weighted by Gasteiger charge is 2.59. The van der Waals surface area contributed by atoms with Crippen molar-refractivity contribution < 1.29 is 23.8 Å². The molecule has 0 unspecified atom stereocenters. The van der Waals surface area contributed by atoms with Crippen LogP contribution >= 0.6 is 0 Å². The maximum absolute atomic E-state index is 13.0. The van der Waals surface area contributed by atoms with Crippen LogP contribution < -0.4 is 14.8 Å². The van der Waals surface area contributed by atoms with Crippen molar-refractivity contribution >= 4 is 18.0 Å². The van der Waals surface area contributed by atoms with Crippen LogP contribution in [0, 0.1) is 5.92 Å². The highest BCUT2D eigenvalue weighted by atomic mass is 16.5. The minimum Gasteiger partial charge on any atom is -0.497 e. The largest absolute Gasteiger partial charge is 0.497 e. The summed E-state index contributed by atoms with van der Waals surface area (Å²) in [6.07, 6.45) is 9.42. The Hall–Kier alpha value is -3.16. The fourth-order valence-electron chi connectivity index (χ4n) is 6.73. The number of methoxy groups -OCH3 is 2. The number of fused-ring (bicyclic) bond motifs is 1. The van der Waals surface area contributed by atoms with E-state index in [4.69, 9.17) is 14.2 Å². The third-order valence-electron chi connectivity index (χ3n) is 8.82. The number of benzene rings is 2. The van der Waals surface area contributed by atoms with E-state index in [9.17, 15) is 9.59 Å². The fraction of sp³-hybridized carbons (Fsp3) is 0.500. The normalized spacial score (nSPS) is 27.1. The van der Waals surface area contributed by atoms with Crippen molar-refractivity contribution in [2.45, 2.75) is 62.5 Å². The molecule has 0 bridgehead atoms. The van der Waals surface area contributed by atoms with E-state index in [1.165, 1.54) is 19.8 Å². The summed E-state index contributed by atoms with van der Waals surface area (Å²) in [6.45, 7) is 4.40. The number of nitrogens with one attached hydrogen (secondary N) is 1. The Morgan fingerprint density at radius 1 is 1.05 bits per heavy atom. The van der Waals surface area contributed by atoms with Crippen LogP contribution in [-0.2, 0) is 19.7 Å². The van der Waals surface area contributed by atoms with Crippen LogP contribution in [0.3, 0.4) is 0 Å². The first-order valence-corrected chi connectivity index (χ1v) is 14.0. The average molecular weight is 533 g/mol. The number of carbonyl (C=O) groups excluding carboxylic acids is 2. The zero-order chi connectivity index (χ0) is 27.5. The van der Waals surface area contributed by atoms with Gasteiger partial charge in [-0.05, 0) is 92.5 Å². The minimum absolute atomic E-state index is 0.00287. The Labute approximate surface area is 231 Å². The first-order chi connectivity index (χ1) is 18.8. The fourth-order valence-corrected chi connectivity index (χ4v) is 6.73. The van der Waals surface area contributed by atoms with E-state index in [-0.39, 0.29) is 28.9 Å². The molecule has 0 aromatic heterocycles. The van der Waals surface area contributed by atoms with Gasteiger partial charge in [0.05, 0.1) is 12.7 Å². The van der Waals surface area contributed by atoms with E-state index in [0.717, 1.165) is 68.1 Å². The molecule has 2 aliphatic carbocycles. The van der Waals surface area contributed by atoms with E-state index in [1.807, 2.05) is 55.7 Å². The van der Waals surface area contributed by atoms with Gasteiger partial charge in [0, 0.05) is 44.7 Å². The predicted molar refractivity (Wildman–Crippen MR) is 151 cm³/mol. The highest BCUT2D eigenvalue weighted by molar-refractivity contribution is 5.92. The lowest BCUT2D eigenvalue weighted by Crippen LogP contribution is -2.68. The van der Waals surface area contributed by atoms with Crippen molar-refractivity contribution in [3.8, 4) is 11.5 Å². The number of carbonyl (C=O) groups is 2. The molecule has 208 valence electrons. The summed E-state index contributed by atoms with van der Waals surface area (Å²) in [7, 11) is 3.47. The molecule has 3 atom stereocenters. The number of ether oxygens (including phenoxy) is 3. The van der Waals surface area contributed by atoms with E-state index in [0.29, 0.717) is 5.75 Å². The number of hydrogen-bond acceptors (Lipinski definition) is 6. The summed E-state index contributed by atoms with van der Waals surface area (Å²) in [5.74, 6) is 1.67. The summed E-state index contributed by atoms with van der Waals surface area (Å²) in [5.41, 5.74) is 1.32. The van der Waals surface area contributed by atoms with Crippen molar-refractivity contribution in [1.29, 1.82) is 0 Å². The topological polar surface area (TPSA) is 77.1 Å².